The van der Waals surface area contributed by atoms with Crippen molar-refractivity contribution in [2.45, 2.75) is 0 Å². The Morgan fingerprint density at radius 3 is 2.17 bits per heavy atom. The van der Waals surface area contributed by atoms with Crippen LogP contribution in [0.25, 0.3) is 0 Å². The van der Waals surface area contributed by atoms with Crippen LogP contribution in [-0.2, 0) is 4.74 Å². The lowest BCUT2D eigenvalue weighted by Gasteiger charge is -2.08. The lowest BCUT2D eigenvalue weighted by molar-refractivity contribution is -0.385. The number of carbonyl (C=O) groups excluding carboxylic acids is 2. The summed E-state index contributed by atoms with van der Waals surface area (Å²) in [4.78, 5) is 34.2. The number of non-ortho nitro benzene ring substituents is 1. The number of hydrogen-bond donors (Lipinski definition) is 0. The maximum atomic E-state index is 14.5. The quantitative estimate of drug-likeness (QED) is 0.361. The molecule has 0 spiro atoms. The SMILES string of the molecule is COC(=O)c1cc([N+](=O)[O-])cc(C(=O)c2ccc(OC)cc2)c1F. The van der Waals surface area contributed by atoms with E-state index >= 15 is 0 Å². The summed E-state index contributed by atoms with van der Waals surface area (Å²) in [6.07, 6.45) is 0. The van der Waals surface area contributed by atoms with Gasteiger partial charge in [-0.25, -0.2) is 9.18 Å². The molecule has 0 bridgehead atoms. The molecule has 0 amide bonds. The highest BCUT2D eigenvalue weighted by Crippen LogP contribution is 2.25. The summed E-state index contributed by atoms with van der Waals surface area (Å²) >= 11 is 0. The van der Waals surface area contributed by atoms with Crippen molar-refractivity contribution in [3.05, 3.63) is 69.0 Å². The number of ether oxygens (including phenoxy) is 2. The molecule has 0 aliphatic carbocycles. The van der Waals surface area contributed by atoms with Crippen molar-refractivity contribution in [1.29, 1.82) is 0 Å². The van der Waals surface area contributed by atoms with Crippen LogP contribution in [0.15, 0.2) is 36.4 Å². The Bertz CT molecular complexity index is 816. The van der Waals surface area contributed by atoms with Crippen molar-refractivity contribution in [2.24, 2.45) is 0 Å². The van der Waals surface area contributed by atoms with Gasteiger partial charge in [-0.3, -0.25) is 14.9 Å². The van der Waals surface area contributed by atoms with Gasteiger partial charge in [0.25, 0.3) is 5.69 Å². The Labute approximate surface area is 135 Å². The molecule has 8 heteroatoms. The number of halogens is 1. The molecule has 0 N–H and O–H groups in total. The Morgan fingerprint density at radius 2 is 1.67 bits per heavy atom. The normalized spacial score (nSPS) is 10.1. The van der Waals surface area contributed by atoms with Crippen molar-refractivity contribution < 1.29 is 28.4 Å². The Morgan fingerprint density at radius 1 is 1.08 bits per heavy atom. The number of ketones is 1. The third-order valence-corrected chi connectivity index (χ3v) is 3.27. The minimum Gasteiger partial charge on any atom is -0.497 e. The van der Waals surface area contributed by atoms with Crippen LogP contribution in [0.5, 0.6) is 5.75 Å². The second kappa shape index (κ2) is 6.86. The number of esters is 1. The Balaban J connectivity index is 2.58. The zero-order valence-electron chi connectivity index (χ0n) is 12.7. The molecule has 24 heavy (non-hydrogen) atoms. The first kappa shape index (κ1) is 17.1. The first-order chi connectivity index (χ1) is 11.4. The van der Waals surface area contributed by atoms with E-state index in [1.807, 2.05) is 0 Å². The van der Waals surface area contributed by atoms with Crippen molar-refractivity contribution in [3.63, 3.8) is 0 Å². The molecule has 0 fully saturated rings. The van der Waals surface area contributed by atoms with Crippen LogP contribution in [0, 0.1) is 15.9 Å². The van der Waals surface area contributed by atoms with E-state index in [2.05, 4.69) is 4.74 Å². The van der Waals surface area contributed by atoms with Crippen molar-refractivity contribution >= 4 is 17.4 Å². The lowest BCUT2D eigenvalue weighted by Crippen LogP contribution is -2.12. The molecule has 7 nitrogen and oxygen atoms in total. The number of rotatable bonds is 5. The van der Waals surface area contributed by atoms with Gasteiger partial charge in [0.1, 0.15) is 17.1 Å². The summed E-state index contributed by atoms with van der Waals surface area (Å²) in [5.41, 5.74) is -1.77. The minimum absolute atomic E-state index is 0.0889. The summed E-state index contributed by atoms with van der Waals surface area (Å²) in [7, 11) is 2.45. The number of nitro benzene ring substituents is 1. The summed E-state index contributed by atoms with van der Waals surface area (Å²) < 4.78 is 23.8. The van der Waals surface area contributed by atoms with E-state index in [1.165, 1.54) is 31.4 Å². The van der Waals surface area contributed by atoms with Gasteiger partial charge in [0.05, 0.1) is 24.7 Å². The van der Waals surface area contributed by atoms with Crippen molar-refractivity contribution in [1.82, 2.24) is 0 Å². The third kappa shape index (κ3) is 3.22. The second-order valence-corrected chi connectivity index (χ2v) is 4.66. The molecule has 0 aromatic heterocycles. The summed E-state index contributed by atoms with van der Waals surface area (Å²) in [6, 6.07) is 7.27. The zero-order chi connectivity index (χ0) is 17.9. The van der Waals surface area contributed by atoms with Gasteiger partial charge >= 0.3 is 5.97 Å². The van der Waals surface area contributed by atoms with Gasteiger partial charge in [-0.1, -0.05) is 0 Å². The molecule has 0 heterocycles. The lowest BCUT2D eigenvalue weighted by atomic mass is 9.99. The van der Waals surface area contributed by atoms with Crippen LogP contribution in [0.1, 0.15) is 26.3 Å². The number of benzene rings is 2. The molecule has 0 saturated heterocycles. The standard InChI is InChI=1S/C16H12FNO6/c1-23-11-5-3-9(4-6-11)15(19)12-7-10(18(21)22)8-13(14(12)17)16(20)24-2/h3-8H,1-2H3. The Kier molecular flexibility index (Phi) is 4.88. The number of nitrogens with zero attached hydrogens (tertiary/aromatic N) is 1. The van der Waals surface area contributed by atoms with E-state index in [4.69, 9.17) is 4.74 Å². The number of methoxy groups -OCH3 is 2. The number of nitro groups is 1. The van der Waals surface area contributed by atoms with Gasteiger partial charge in [0.15, 0.2) is 5.78 Å². The van der Waals surface area contributed by atoms with E-state index in [1.54, 1.807) is 0 Å². The molecular formula is C16H12FNO6. The van der Waals surface area contributed by atoms with E-state index in [0.29, 0.717) is 5.75 Å². The molecule has 0 radical (unpaired) electrons. The summed E-state index contributed by atoms with van der Waals surface area (Å²) in [5, 5.41) is 11.0. The fourth-order valence-electron chi connectivity index (χ4n) is 2.04. The van der Waals surface area contributed by atoms with Crippen LogP contribution in [0.2, 0.25) is 0 Å². The van der Waals surface area contributed by atoms with Crippen molar-refractivity contribution in [3.8, 4) is 5.75 Å². The molecule has 124 valence electrons. The third-order valence-electron chi connectivity index (χ3n) is 3.27. The fraction of sp³-hybridized carbons (Fsp3) is 0.125. The summed E-state index contributed by atoms with van der Waals surface area (Å²) in [5.74, 6) is -2.60. The molecule has 0 aliphatic heterocycles. The van der Waals surface area contributed by atoms with Gasteiger partial charge in [0, 0.05) is 17.7 Å². The second-order valence-electron chi connectivity index (χ2n) is 4.66. The first-order valence-electron chi connectivity index (χ1n) is 6.64. The summed E-state index contributed by atoms with van der Waals surface area (Å²) in [6.45, 7) is 0. The highest BCUT2D eigenvalue weighted by molar-refractivity contribution is 6.10. The van der Waals surface area contributed by atoms with Crippen molar-refractivity contribution in [2.75, 3.05) is 14.2 Å². The van der Waals surface area contributed by atoms with Gasteiger partial charge < -0.3 is 9.47 Å². The average molecular weight is 333 g/mol. The molecule has 2 rings (SSSR count). The number of hydrogen-bond acceptors (Lipinski definition) is 6. The molecule has 2 aromatic carbocycles. The molecule has 0 unspecified atom stereocenters. The molecular weight excluding hydrogens is 321 g/mol. The molecule has 0 aliphatic rings. The van der Waals surface area contributed by atoms with Crippen LogP contribution in [0.4, 0.5) is 10.1 Å². The number of carbonyl (C=O) groups is 2. The molecule has 0 saturated carbocycles. The van der Waals surface area contributed by atoms with Crippen LogP contribution < -0.4 is 4.74 Å². The van der Waals surface area contributed by atoms with Gasteiger partial charge in [-0.15, -0.1) is 0 Å². The van der Waals surface area contributed by atoms with E-state index in [9.17, 15) is 24.1 Å². The maximum absolute atomic E-state index is 14.5. The van der Waals surface area contributed by atoms with Crippen LogP contribution in [0.3, 0.4) is 0 Å². The van der Waals surface area contributed by atoms with Gasteiger partial charge in [-0.2, -0.15) is 0 Å². The van der Waals surface area contributed by atoms with Crippen LogP contribution >= 0.6 is 0 Å². The van der Waals surface area contributed by atoms with Gasteiger partial charge in [-0.05, 0) is 24.3 Å². The minimum atomic E-state index is -1.17. The fourth-order valence-corrected chi connectivity index (χ4v) is 2.04. The molecule has 2 aromatic rings. The highest BCUT2D eigenvalue weighted by Gasteiger charge is 2.26. The highest BCUT2D eigenvalue weighted by atomic mass is 19.1. The molecule has 0 atom stereocenters. The monoisotopic (exact) mass is 333 g/mol. The smallest absolute Gasteiger partial charge is 0.341 e. The largest absolute Gasteiger partial charge is 0.497 e. The topological polar surface area (TPSA) is 95.7 Å². The average Bonchev–Trinajstić information content (AvgIpc) is 2.60. The zero-order valence-corrected chi connectivity index (χ0v) is 12.7. The van der Waals surface area contributed by atoms with E-state index < -0.39 is 39.3 Å². The predicted molar refractivity (Wildman–Crippen MR) is 80.8 cm³/mol. The predicted octanol–water partition coefficient (Wildman–Crippen LogP) is 2.76. The van der Waals surface area contributed by atoms with Crippen LogP contribution in [-0.4, -0.2) is 30.9 Å². The maximum Gasteiger partial charge on any atom is 0.341 e. The van der Waals surface area contributed by atoms with Gasteiger partial charge in [0.2, 0.25) is 0 Å². The first-order valence-corrected chi connectivity index (χ1v) is 6.64. The Hall–Kier alpha value is -3.29. The van der Waals surface area contributed by atoms with E-state index in [0.717, 1.165) is 19.2 Å². The van der Waals surface area contributed by atoms with E-state index in [-0.39, 0.29) is 5.56 Å².